The molecule has 0 atom stereocenters. The normalized spacial score (nSPS) is 20.0. The summed E-state index contributed by atoms with van der Waals surface area (Å²) in [7, 11) is 0. The molecule has 2 nitrogen and oxygen atoms in total. The Labute approximate surface area is 67.4 Å². The van der Waals surface area contributed by atoms with Crippen molar-refractivity contribution in [1.82, 2.24) is 0 Å². The van der Waals surface area contributed by atoms with Crippen LogP contribution < -0.4 is 0 Å². The Morgan fingerprint density at radius 3 is 2.64 bits per heavy atom. The van der Waals surface area contributed by atoms with Crippen LogP contribution in [0.2, 0.25) is 0 Å². The molecule has 0 unspecified atom stereocenters. The molecule has 1 fully saturated rings. The van der Waals surface area contributed by atoms with Crippen LogP contribution in [0, 0.1) is 12.0 Å². The van der Waals surface area contributed by atoms with Gasteiger partial charge in [0.05, 0.1) is 0 Å². The van der Waals surface area contributed by atoms with Gasteiger partial charge in [0.25, 0.3) is 6.54 Å². The highest BCUT2D eigenvalue weighted by Crippen LogP contribution is 2.43. The van der Waals surface area contributed by atoms with Gasteiger partial charge in [0.1, 0.15) is 0 Å². The summed E-state index contributed by atoms with van der Waals surface area (Å²) in [5, 5.41) is 0. The van der Waals surface area contributed by atoms with E-state index in [2.05, 4.69) is 11.8 Å². The van der Waals surface area contributed by atoms with Crippen LogP contribution in [-0.2, 0) is 4.79 Å². The first kappa shape index (κ1) is 8.26. The Morgan fingerprint density at radius 2 is 2.27 bits per heavy atom. The van der Waals surface area contributed by atoms with Gasteiger partial charge in [-0.05, 0) is 18.3 Å². The van der Waals surface area contributed by atoms with Crippen molar-refractivity contribution in [3.63, 3.8) is 0 Å². The van der Waals surface area contributed by atoms with Crippen LogP contribution in [0.3, 0.4) is 0 Å². The van der Waals surface area contributed by atoms with Crippen molar-refractivity contribution in [3.8, 4) is 0 Å². The third kappa shape index (κ3) is 2.04. The first-order valence-electron chi connectivity index (χ1n) is 4.01. The summed E-state index contributed by atoms with van der Waals surface area (Å²) in [6, 6.07) is 0. The quantitative estimate of drug-likeness (QED) is 0.566. The molecule has 0 aliphatic heterocycles. The minimum Gasteiger partial charge on any atom is -0.309 e. The molecular formula is C9H13NO. The van der Waals surface area contributed by atoms with Gasteiger partial charge in [0.2, 0.25) is 5.78 Å². The molecule has 0 bridgehead atoms. The molecule has 1 rings (SSSR count). The van der Waals surface area contributed by atoms with Crippen LogP contribution in [0.1, 0.15) is 32.6 Å². The Bertz CT molecular complexity index is 198. The summed E-state index contributed by atoms with van der Waals surface area (Å²) in [6.07, 6.45) is 4.20. The topological polar surface area (TPSA) is 21.4 Å². The standard InChI is InChI=1S/C9H13NO/c1-9(4-3-5-9)6-8(11)7-10-2/h3-7H2,1H3. The molecule has 0 heterocycles. The zero-order valence-corrected chi connectivity index (χ0v) is 6.89. The Morgan fingerprint density at radius 1 is 1.64 bits per heavy atom. The Balaban J connectivity index is 2.30. The van der Waals surface area contributed by atoms with E-state index in [4.69, 9.17) is 6.57 Å². The minimum absolute atomic E-state index is 0.0790. The summed E-state index contributed by atoms with van der Waals surface area (Å²) in [5.74, 6) is 0.113. The molecule has 11 heavy (non-hydrogen) atoms. The van der Waals surface area contributed by atoms with Gasteiger partial charge in [-0.1, -0.05) is 13.3 Å². The van der Waals surface area contributed by atoms with E-state index in [0.29, 0.717) is 6.42 Å². The van der Waals surface area contributed by atoms with E-state index < -0.39 is 0 Å². The smallest absolute Gasteiger partial charge is 0.272 e. The summed E-state index contributed by atoms with van der Waals surface area (Å²) < 4.78 is 0. The molecule has 1 aliphatic rings. The zero-order valence-electron chi connectivity index (χ0n) is 6.89. The lowest BCUT2D eigenvalue weighted by Gasteiger charge is -2.37. The lowest BCUT2D eigenvalue weighted by Crippen LogP contribution is -2.29. The molecule has 0 aromatic rings. The van der Waals surface area contributed by atoms with Crippen molar-refractivity contribution in [1.29, 1.82) is 0 Å². The van der Waals surface area contributed by atoms with Gasteiger partial charge in [-0.15, -0.1) is 0 Å². The Hall–Kier alpha value is -0.840. The predicted octanol–water partition coefficient (Wildman–Crippen LogP) is 2.06. The van der Waals surface area contributed by atoms with Crippen molar-refractivity contribution in [2.24, 2.45) is 5.41 Å². The molecule has 60 valence electrons. The SMILES string of the molecule is [C-]#[N+]CC(=O)CC1(C)CCC1. The maximum absolute atomic E-state index is 11.0. The molecule has 1 aliphatic carbocycles. The number of hydrogen-bond acceptors (Lipinski definition) is 1. The molecule has 0 aromatic heterocycles. The van der Waals surface area contributed by atoms with Gasteiger partial charge in [-0.2, -0.15) is 0 Å². The molecule has 0 aromatic carbocycles. The van der Waals surface area contributed by atoms with E-state index in [0.717, 1.165) is 12.8 Å². The monoisotopic (exact) mass is 151 g/mol. The van der Waals surface area contributed by atoms with Crippen LogP contribution >= 0.6 is 0 Å². The van der Waals surface area contributed by atoms with Crippen LogP contribution in [0.5, 0.6) is 0 Å². The van der Waals surface area contributed by atoms with Gasteiger partial charge in [0.15, 0.2) is 0 Å². The maximum Gasteiger partial charge on any atom is 0.272 e. The van der Waals surface area contributed by atoms with Gasteiger partial charge < -0.3 is 4.85 Å². The van der Waals surface area contributed by atoms with Crippen molar-refractivity contribution in [2.75, 3.05) is 6.54 Å². The molecule has 0 N–H and O–H groups in total. The number of rotatable bonds is 3. The fourth-order valence-corrected chi connectivity index (χ4v) is 1.58. The van der Waals surface area contributed by atoms with E-state index in [9.17, 15) is 4.79 Å². The fourth-order valence-electron chi connectivity index (χ4n) is 1.58. The molecule has 2 heteroatoms. The lowest BCUT2D eigenvalue weighted by atomic mass is 9.67. The highest BCUT2D eigenvalue weighted by molar-refractivity contribution is 5.82. The number of nitrogens with zero attached hydrogens (tertiary/aromatic N) is 1. The van der Waals surface area contributed by atoms with E-state index in [1.54, 1.807) is 0 Å². The molecule has 0 amide bonds. The summed E-state index contributed by atoms with van der Waals surface area (Å²) in [5.41, 5.74) is 0.252. The van der Waals surface area contributed by atoms with Crippen molar-refractivity contribution >= 4 is 5.78 Å². The Kier molecular flexibility index (Phi) is 2.28. The summed E-state index contributed by atoms with van der Waals surface area (Å²) in [4.78, 5) is 14.1. The third-order valence-electron chi connectivity index (χ3n) is 2.44. The van der Waals surface area contributed by atoms with Gasteiger partial charge in [0, 0.05) is 6.42 Å². The highest BCUT2D eigenvalue weighted by atomic mass is 16.1. The number of carbonyl (C=O) groups is 1. The van der Waals surface area contributed by atoms with Gasteiger partial charge in [-0.3, -0.25) is 4.79 Å². The van der Waals surface area contributed by atoms with E-state index in [1.165, 1.54) is 6.42 Å². The van der Waals surface area contributed by atoms with Crippen molar-refractivity contribution in [3.05, 3.63) is 11.4 Å². The van der Waals surface area contributed by atoms with Gasteiger partial charge >= 0.3 is 0 Å². The zero-order chi connectivity index (χ0) is 8.32. The maximum atomic E-state index is 11.0. The molecule has 0 spiro atoms. The highest BCUT2D eigenvalue weighted by Gasteiger charge is 2.34. The van der Waals surface area contributed by atoms with Crippen LogP contribution in [0.15, 0.2) is 0 Å². The number of Topliss-reactive ketones (excluding diaryl/α,β-unsaturated/α-hetero) is 1. The van der Waals surface area contributed by atoms with Crippen molar-refractivity contribution < 1.29 is 4.79 Å². The van der Waals surface area contributed by atoms with Crippen LogP contribution in [-0.4, -0.2) is 12.3 Å². The van der Waals surface area contributed by atoms with Crippen LogP contribution in [0.4, 0.5) is 0 Å². The summed E-state index contributed by atoms with van der Waals surface area (Å²) in [6.45, 7) is 8.74. The second kappa shape index (κ2) is 3.04. The molecule has 0 radical (unpaired) electrons. The van der Waals surface area contributed by atoms with E-state index >= 15 is 0 Å². The third-order valence-corrected chi connectivity index (χ3v) is 2.44. The first-order valence-corrected chi connectivity index (χ1v) is 4.01. The second-order valence-corrected chi connectivity index (χ2v) is 3.70. The lowest BCUT2D eigenvalue weighted by molar-refractivity contribution is -0.120. The average molecular weight is 151 g/mol. The summed E-state index contributed by atoms with van der Waals surface area (Å²) >= 11 is 0. The average Bonchev–Trinajstić information content (AvgIpc) is 1.85. The molecule has 0 saturated heterocycles. The minimum atomic E-state index is 0.0790. The van der Waals surface area contributed by atoms with Gasteiger partial charge in [-0.25, -0.2) is 6.57 Å². The predicted molar refractivity (Wildman–Crippen MR) is 43.1 cm³/mol. The first-order chi connectivity index (χ1) is 5.16. The molecule has 1 saturated carbocycles. The number of hydrogen-bond donors (Lipinski definition) is 0. The van der Waals surface area contributed by atoms with Crippen molar-refractivity contribution in [2.45, 2.75) is 32.6 Å². The van der Waals surface area contributed by atoms with E-state index in [-0.39, 0.29) is 17.7 Å². The van der Waals surface area contributed by atoms with Crippen LogP contribution in [0.25, 0.3) is 4.85 Å². The fraction of sp³-hybridized carbons (Fsp3) is 0.778. The second-order valence-electron chi connectivity index (χ2n) is 3.70. The number of carbonyl (C=O) groups excluding carboxylic acids is 1. The number of ketones is 1. The molecular weight excluding hydrogens is 138 g/mol. The largest absolute Gasteiger partial charge is 0.309 e. The van der Waals surface area contributed by atoms with E-state index in [1.807, 2.05) is 0 Å².